The van der Waals surface area contributed by atoms with Gasteiger partial charge in [0.25, 0.3) is 0 Å². The van der Waals surface area contributed by atoms with Crippen LogP contribution < -0.4 is 5.32 Å². The van der Waals surface area contributed by atoms with Crippen molar-refractivity contribution in [3.63, 3.8) is 0 Å². The first-order valence-electron chi connectivity index (χ1n) is 6.11. The molecule has 1 aromatic carbocycles. The van der Waals surface area contributed by atoms with E-state index in [9.17, 15) is 4.39 Å². The molecule has 94 valence electrons. The van der Waals surface area contributed by atoms with Crippen molar-refractivity contribution in [2.24, 2.45) is 0 Å². The molecule has 0 saturated carbocycles. The maximum atomic E-state index is 13.7. The van der Waals surface area contributed by atoms with Crippen LogP contribution in [0.1, 0.15) is 29.7 Å². The molecule has 0 bridgehead atoms. The first kappa shape index (κ1) is 12.7. The highest BCUT2D eigenvalue weighted by molar-refractivity contribution is 5.32. The largest absolute Gasteiger partial charge is 0.306 e. The molecule has 1 atom stereocenters. The third kappa shape index (κ3) is 2.74. The molecule has 1 heterocycles. The van der Waals surface area contributed by atoms with E-state index < -0.39 is 0 Å². The van der Waals surface area contributed by atoms with Gasteiger partial charge in [-0.3, -0.25) is 4.98 Å². The Balaban J connectivity index is 2.38. The average Bonchev–Trinajstić information content (AvgIpc) is 2.40. The van der Waals surface area contributed by atoms with E-state index in [1.807, 2.05) is 37.4 Å². The lowest BCUT2D eigenvalue weighted by Crippen LogP contribution is -2.22. The molecule has 2 nitrogen and oxygen atoms in total. The number of hydrogen-bond donors (Lipinski definition) is 1. The molecule has 0 fully saturated rings. The molecule has 1 aromatic heterocycles. The first-order chi connectivity index (χ1) is 8.72. The minimum Gasteiger partial charge on any atom is -0.306 e. The Hall–Kier alpha value is -1.74. The van der Waals surface area contributed by atoms with Gasteiger partial charge in [0, 0.05) is 12.4 Å². The molecule has 0 radical (unpaired) electrons. The number of aryl methyl sites for hydroxylation is 1. The zero-order valence-corrected chi connectivity index (χ0v) is 10.7. The highest BCUT2D eigenvalue weighted by Crippen LogP contribution is 2.22. The van der Waals surface area contributed by atoms with Gasteiger partial charge in [0.1, 0.15) is 5.82 Å². The van der Waals surface area contributed by atoms with Crippen LogP contribution >= 0.6 is 0 Å². The molecule has 0 aliphatic carbocycles. The fourth-order valence-corrected chi connectivity index (χ4v) is 1.97. The van der Waals surface area contributed by atoms with Crippen LogP contribution in [0.15, 0.2) is 42.7 Å². The molecule has 1 unspecified atom stereocenters. The molecule has 0 aliphatic rings. The molecule has 2 rings (SSSR count). The number of halogens is 1. The van der Waals surface area contributed by atoms with Crippen molar-refractivity contribution in [3.05, 3.63) is 65.2 Å². The minimum absolute atomic E-state index is 0.0150. The van der Waals surface area contributed by atoms with E-state index in [2.05, 4.69) is 10.3 Å². The van der Waals surface area contributed by atoms with E-state index in [4.69, 9.17) is 0 Å². The monoisotopic (exact) mass is 244 g/mol. The van der Waals surface area contributed by atoms with Gasteiger partial charge in [0.05, 0.1) is 6.04 Å². The fourth-order valence-electron chi connectivity index (χ4n) is 1.97. The lowest BCUT2D eigenvalue weighted by Gasteiger charge is -2.19. The summed E-state index contributed by atoms with van der Waals surface area (Å²) in [6, 6.07) is 9.24. The summed E-state index contributed by atoms with van der Waals surface area (Å²) in [4.78, 5) is 4.12. The Morgan fingerprint density at radius 2 is 2.11 bits per heavy atom. The molecule has 18 heavy (non-hydrogen) atoms. The summed E-state index contributed by atoms with van der Waals surface area (Å²) in [5.74, 6) is -0.167. The van der Waals surface area contributed by atoms with E-state index in [0.29, 0.717) is 5.56 Å². The molecule has 2 aromatic rings. The Kier molecular flexibility index (Phi) is 4.05. The number of nitrogens with zero attached hydrogens (tertiary/aromatic N) is 1. The van der Waals surface area contributed by atoms with Crippen LogP contribution in [0.5, 0.6) is 0 Å². The van der Waals surface area contributed by atoms with Gasteiger partial charge in [0.15, 0.2) is 0 Å². The van der Waals surface area contributed by atoms with Crippen molar-refractivity contribution in [3.8, 4) is 0 Å². The van der Waals surface area contributed by atoms with E-state index in [1.54, 1.807) is 19.2 Å². The predicted octanol–water partition coefficient (Wildman–Crippen LogP) is 3.23. The van der Waals surface area contributed by atoms with Crippen molar-refractivity contribution in [2.45, 2.75) is 19.9 Å². The lowest BCUT2D eigenvalue weighted by atomic mass is 9.99. The number of nitrogens with one attached hydrogen (secondary N) is 1. The Morgan fingerprint density at radius 1 is 1.28 bits per heavy atom. The molecular weight excluding hydrogens is 227 g/mol. The third-order valence-electron chi connectivity index (χ3n) is 2.96. The van der Waals surface area contributed by atoms with Gasteiger partial charge in [-0.15, -0.1) is 0 Å². The Labute approximate surface area is 107 Å². The van der Waals surface area contributed by atoms with Crippen LogP contribution in [0.3, 0.4) is 0 Å². The standard InChI is InChI=1S/C15H17FN2/c1-3-18-15(13-5-4-8-17-10-13)12-7-6-11(2)14(16)9-12/h4-10,15,18H,3H2,1-2H3. The van der Waals surface area contributed by atoms with Crippen molar-refractivity contribution >= 4 is 0 Å². The second kappa shape index (κ2) is 5.74. The number of rotatable bonds is 4. The molecule has 0 amide bonds. The molecular formula is C15H17FN2. The fraction of sp³-hybridized carbons (Fsp3) is 0.267. The Morgan fingerprint density at radius 3 is 2.72 bits per heavy atom. The third-order valence-corrected chi connectivity index (χ3v) is 2.96. The highest BCUT2D eigenvalue weighted by atomic mass is 19.1. The van der Waals surface area contributed by atoms with E-state index >= 15 is 0 Å². The highest BCUT2D eigenvalue weighted by Gasteiger charge is 2.14. The van der Waals surface area contributed by atoms with Crippen LogP contribution in [0.25, 0.3) is 0 Å². The second-order valence-electron chi connectivity index (χ2n) is 4.29. The lowest BCUT2D eigenvalue weighted by molar-refractivity contribution is 0.596. The summed E-state index contributed by atoms with van der Waals surface area (Å²) in [6.45, 7) is 4.62. The summed E-state index contributed by atoms with van der Waals surface area (Å²) in [5.41, 5.74) is 2.63. The van der Waals surface area contributed by atoms with Crippen LogP contribution in [-0.2, 0) is 0 Å². The van der Waals surface area contributed by atoms with Gasteiger partial charge in [-0.2, -0.15) is 0 Å². The molecule has 0 aliphatic heterocycles. The van der Waals surface area contributed by atoms with Crippen molar-refractivity contribution in [1.29, 1.82) is 0 Å². The summed E-state index contributed by atoms with van der Waals surface area (Å²) < 4.78 is 13.7. The zero-order valence-electron chi connectivity index (χ0n) is 10.7. The van der Waals surface area contributed by atoms with E-state index in [-0.39, 0.29) is 11.9 Å². The van der Waals surface area contributed by atoms with Crippen molar-refractivity contribution in [2.75, 3.05) is 6.54 Å². The van der Waals surface area contributed by atoms with Crippen LogP contribution in [-0.4, -0.2) is 11.5 Å². The summed E-state index contributed by atoms with van der Waals surface area (Å²) in [6.07, 6.45) is 3.55. The van der Waals surface area contributed by atoms with Gasteiger partial charge in [-0.1, -0.05) is 25.1 Å². The maximum absolute atomic E-state index is 13.7. The van der Waals surface area contributed by atoms with Crippen molar-refractivity contribution < 1.29 is 4.39 Å². The minimum atomic E-state index is -0.167. The Bertz CT molecular complexity index is 511. The van der Waals surface area contributed by atoms with Crippen LogP contribution in [0.2, 0.25) is 0 Å². The van der Waals surface area contributed by atoms with Gasteiger partial charge >= 0.3 is 0 Å². The van der Waals surface area contributed by atoms with Gasteiger partial charge in [0.2, 0.25) is 0 Å². The predicted molar refractivity (Wildman–Crippen MR) is 70.9 cm³/mol. The first-order valence-corrected chi connectivity index (χ1v) is 6.11. The average molecular weight is 244 g/mol. The quantitative estimate of drug-likeness (QED) is 0.893. The summed E-state index contributed by atoms with van der Waals surface area (Å²) in [7, 11) is 0. The number of benzene rings is 1. The normalized spacial score (nSPS) is 12.4. The van der Waals surface area contributed by atoms with E-state index in [0.717, 1.165) is 17.7 Å². The van der Waals surface area contributed by atoms with Crippen molar-refractivity contribution in [1.82, 2.24) is 10.3 Å². The number of aromatic nitrogens is 1. The second-order valence-corrected chi connectivity index (χ2v) is 4.29. The zero-order chi connectivity index (χ0) is 13.0. The van der Waals surface area contributed by atoms with Gasteiger partial charge < -0.3 is 5.32 Å². The smallest absolute Gasteiger partial charge is 0.126 e. The number of hydrogen-bond acceptors (Lipinski definition) is 2. The SMILES string of the molecule is CCNC(c1cccnc1)c1ccc(C)c(F)c1. The topological polar surface area (TPSA) is 24.9 Å². The summed E-state index contributed by atoms with van der Waals surface area (Å²) >= 11 is 0. The molecule has 0 saturated heterocycles. The maximum Gasteiger partial charge on any atom is 0.126 e. The van der Waals surface area contributed by atoms with Crippen LogP contribution in [0, 0.1) is 12.7 Å². The number of pyridine rings is 1. The molecule has 1 N–H and O–H groups in total. The molecule has 3 heteroatoms. The van der Waals surface area contributed by atoms with E-state index in [1.165, 1.54) is 0 Å². The molecule has 0 spiro atoms. The summed E-state index contributed by atoms with van der Waals surface area (Å²) in [5, 5.41) is 3.36. The van der Waals surface area contributed by atoms with Gasteiger partial charge in [-0.05, 0) is 42.3 Å². The van der Waals surface area contributed by atoms with Crippen LogP contribution in [0.4, 0.5) is 4.39 Å². The van der Waals surface area contributed by atoms with Gasteiger partial charge in [-0.25, -0.2) is 4.39 Å².